The molecule has 1 aromatic rings. The van der Waals surface area contributed by atoms with Crippen LogP contribution < -0.4 is 5.32 Å². The van der Waals surface area contributed by atoms with E-state index in [4.69, 9.17) is 4.74 Å². The van der Waals surface area contributed by atoms with Crippen molar-refractivity contribution >= 4 is 11.6 Å². The monoisotopic (exact) mass is 287 g/mol. The van der Waals surface area contributed by atoms with Crippen LogP contribution in [0.4, 0.5) is 5.69 Å². The third-order valence-electron chi connectivity index (χ3n) is 4.74. The van der Waals surface area contributed by atoms with Gasteiger partial charge in [0.15, 0.2) is 0 Å². The Bertz CT molecular complexity index is 457. The molecule has 2 fully saturated rings. The van der Waals surface area contributed by atoms with Gasteiger partial charge in [-0.1, -0.05) is 37.8 Å². The summed E-state index contributed by atoms with van der Waals surface area (Å²) in [6.07, 6.45) is 9.92. The Morgan fingerprint density at radius 3 is 2.29 bits per heavy atom. The van der Waals surface area contributed by atoms with Gasteiger partial charge in [-0.15, -0.1) is 0 Å². The highest BCUT2D eigenvalue weighted by Crippen LogP contribution is 2.26. The first-order valence-corrected chi connectivity index (χ1v) is 8.33. The Balaban J connectivity index is 1.47. The Morgan fingerprint density at radius 1 is 1.00 bits per heavy atom. The fraction of sp³-hybridized carbons (Fsp3) is 0.611. The molecule has 0 saturated heterocycles. The lowest BCUT2D eigenvalue weighted by Crippen LogP contribution is -2.20. The molecule has 0 radical (unpaired) electrons. The van der Waals surface area contributed by atoms with Crippen LogP contribution in [0.5, 0.6) is 0 Å². The molecule has 2 saturated carbocycles. The van der Waals surface area contributed by atoms with Gasteiger partial charge in [-0.3, -0.25) is 4.79 Å². The summed E-state index contributed by atoms with van der Waals surface area (Å²) in [6, 6.07) is 8.08. The van der Waals surface area contributed by atoms with Gasteiger partial charge >= 0.3 is 0 Å². The van der Waals surface area contributed by atoms with Crippen LogP contribution in [0.1, 0.15) is 56.9 Å². The summed E-state index contributed by atoms with van der Waals surface area (Å²) in [5.74, 6) is 0.401. The van der Waals surface area contributed by atoms with Crippen molar-refractivity contribution in [2.45, 2.75) is 64.1 Å². The van der Waals surface area contributed by atoms with Gasteiger partial charge in [0.2, 0.25) is 5.91 Å². The van der Waals surface area contributed by atoms with Gasteiger partial charge < -0.3 is 10.1 Å². The Labute approximate surface area is 127 Å². The van der Waals surface area contributed by atoms with Gasteiger partial charge in [0.25, 0.3) is 0 Å². The highest BCUT2D eigenvalue weighted by atomic mass is 16.5. The molecule has 3 heteroatoms. The average molecular weight is 287 g/mol. The molecule has 0 atom stereocenters. The highest BCUT2D eigenvalue weighted by molar-refractivity contribution is 5.92. The molecule has 21 heavy (non-hydrogen) atoms. The van der Waals surface area contributed by atoms with E-state index in [2.05, 4.69) is 17.4 Å². The number of hydrogen-bond acceptors (Lipinski definition) is 2. The molecule has 3 rings (SSSR count). The smallest absolute Gasteiger partial charge is 0.227 e. The first-order valence-electron chi connectivity index (χ1n) is 8.33. The average Bonchev–Trinajstić information content (AvgIpc) is 3.20. The van der Waals surface area contributed by atoms with Gasteiger partial charge in [-0.05, 0) is 43.4 Å². The number of nitrogens with one attached hydrogen (secondary N) is 1. The van der Waals surface area contributed by atoms with Crippen molar-refractivity contribution in [1.29, 1.82) is 0 Å². The molecule has 0 spiro atoms. The van der Waals surface area contributed by atoms with E-state index in [0.29, 0.717) is 12.7 Å². The summed E-state index contributed by atoms with van der Waals surface area (Å²) in [7, 11) is 0. The van der Waals surface area contributed by atoms with Crippen LogP contribution >= 0.6 is 0 Å². The van der Waals surface area contributed by atoms with Crippen molar-refractivity contribution in [3.05, 3.63) is 29.8 Å². The van der Waals surface area contributed by atoms with Gasteiger partial charge in [0, 0.05) is 11.6 Å². The minimum absolute atomic E-state index is 0.183. The molecule has 0 aromatic heterocycles. The SMILES string of the molecule is O=C(Nc1ccc(COC2CCCC2)cc1)C1CCCC1. The van der Waals surface area contributed by atoms with Crippen LogP contribution in [0.15, 0.2) is 24.3 Å². The van der Waals surface area contributed by atoms with Crippen LogP contribution in [0, 0.1) is 5.92 Å². The summed E-state index contributed by atoms with van der Waals surface area (Å²) in [5.41, 5.74) is 2.08. The van der Waals surface area contributed by atoms with E-state index in [0.717, 1.165) is 18.5 Å². The summed E-state index contributed by atoms with van der Waals surface area (Å²) in [6.45, 7) is 0.682. The molecule has 0 bridgehead atoms. The fourth-order valence-electron chi connectivity index (χ4n) is 3.39. The largest absolute Gasteiger partial charge is 0.374 e. The number of hydrogen-bond donors (Lipinski definition) is 1. The second-order valence-corrected chi connectivity index (χ2v) is 6.39. The first-order chi connectivity index (χ1) is 10.3. The number of rotatable bonds is 5. The zero-order chi connectivity index (χ0) is 14.5. The fourth-order valence-corrected chi connectivity index (χ4v) is 3.39. The van der Waals surface area contributed by atoms with E-state index in [-0.39, 0.29) is 11.8 Å². The number of benzene rings is 1. The molecule has 114 valence electrons. The minimum atomic E-state index is 0.183. The van der Waals surface area contributed by atoms with Gasteiger partial charge in [0.1, 0.15) is 0 Å². The topological polar surface area (TPSA) is 38.3 Å². The molecular formula is C18H25NO2. The maximum absolute atomic E-state index is 12.1. The van der Waals surface area contributed by atoms with Gasteiger partial charge in [-0.25, -0.2) is 0 Å². The lowest BCUT2D eigenvalue weighted by atomic mass is 10.1. The Kier molecular flexibility index (Phi) is 4.91. The van der Waals surface area contributed by atoms with E-state index in [1.165, 1.54) is 44.1 Å². The molecule has 0 unspecified atom stereocenters. The molecule has 1 aromatic carbocycles. The number of ether oxygens (including phenoxy) is 1. The number of amides is 1. The summed E-state index contributed by atoms with van der Waals surface area (Å²) in [4.78, 5) is 12.1. The van der Waals surface area contributed by atoms with Crippen LogP contribution in [-0.2, 0) is 16.1 Å². The predicted octanol–water partition coefficient (Wildman–Crippen LogP) is 4.27. The van der Waals surface area contributed by atoms with E-state index >= 15 is 0 Å². The molecule has 2 aliphatic carbocycles. The highest BCUT2D eigenvalue weighted by Gasteiger charge is 2.22. The van der Waals surface area contributed by atoms with E-state index < -0.39 is 0 Å². The first kappa shape index (κ1) is 14.6. The number of carbonyl (C=O) groups excluding carboxylic acids is 1. The summed E-state index contributed by atoms with van der Waals surface area (Å²) in [5, 5.41) is 3.03. The Morgan fingerprint density at radius 2 is 1.62 bits per heavy atom. The molecule has 0 aliphatic heterocycles. The lowest BCUT2D eigenvalue weighted by molar-refractivity contribution is -0.119. The second kappa shape index (κ2) is 7.08. The number of anilines is 1. The van der Waals surface area contributed by atoms with Crippen LogP contribution in [0.3, 0.4) is 0 Å². The quantitative estimate of drug-likeness (QED) is 0.878. The lowest BCUT2D eigenvalue weighted by Gasteiger charge is -2.12. The van der Waals surface area contributed by atoms with Crippen LogP contribution in [0.25, 0.3) is 0 Å². The van der Waals surface area contributed by atoms with Crippen molar-refractivity contribution in [1.82, 2.24) is 0 Å². The predicted molar refractivity (Wildman–Crippen MR) is 84.1 cm³/mol. The molecule has 0 heterocycles. The molecule has 1 amide bonds. The summed E-state index contributed by atoms with van der Waals surface area (Å²) >= 11 is 0. The van der Waals surface area contributed by atoms with Crippen LogP contribution in [0.2, 0.25) is 0 Å². The van der Waals surface area contributed by atoms with Crippen LogP contribution in [-0.4, -0.2) is 12.0 Å². The van der Waals surface area contributed by atoms with Gasteiger partial charge in [-0.2, -0.15) is 0 Å². The normalized spacial score (nSPS) is 20.0. The van der Waals surface area contributed by atoms with Crippen molar-refractivity contribution < 1.29 is 9.53 Å². The maximum Gasteiger partial charge on any atom is 0.227 e. The standard InChI is InChI=1S/C18H25NO2/c20-18(15-5-1-2-6-15)19-16-11-9-14(10-12-16)13-21-17-7-3-4-8-17/h9-12,15,17H,1-8,13H2,(H,19,20). The minimum Gasteiger partial charge on any atom is -0.374 e. The van der Waals surface area contributed by atoms with Crippen molar-refractivity contribution in [3.63, 3.8) is 0 Å². The second-order valence-electron chi connectivity index (χ2n) is 6.39. The van der Waals surface area contributed by atoms with Gasteiger partial charge in [0.05, 0.1) is 12.7 Å². The summed E-state index contributed by atoms with van der Waals surface area (Å²) < 4.78 is 5.90. The third-order valence-corrected chi connectivity index (χ3v) is 4.74. The van der Waals surface area contributed by atoms with E-state index in [9.17, 15) is 4.79 Å². The Hall–Kier alpha value is -1.35. The van der Waals surface area contributed by atoms with E-state index in [1.54, 1.807) is 0 Å². The van der Waals surface area contributed by atoms with Crippen molar-refractivity contribution in [2.24, 2.45) is 5.92 Å². The van der Waals surface area contributed by atoms with Crippen molar-refractivity contribution in [2.75, 3.05) is 5.32 Å². The zero-order valence-electron chi connectivity index (χ0n) is 12.6. The number of carbonyl (C=O) groups is 1. The van der Waals surface area contributed by atoms with Crippen molar-refractivity contribution in [3.8, 4) is 0 Å². The third kappa shape index (κ3) is 4.07. The van der Waals surface area contributed by atoms with E-state index in [1.807, 2.05) is 12.1 Å². The molecular weight excluding hydrogens is 262 g/mol. The molecule has 1 N–H and O–H groups in total. The molecule has 3 nitrogen and oxygen atoms in total. The zero-order valence-corrected chi connectivity index (χ0v) is 12.6. The molecule has 2 aliphatic rings. The maximum atomic E-state index is 12.1.